The van der Waals surface area contributed by atoms with Crippen molar-refractivity contribution in [2.24, 2.45) is 0 Å². The van der Waals surface area contributed by atoms with Gasteiger partial charge in [0.05, 0.1) is 30.8 Å². The van der Waals surface area contributed by atoms with Gasteiger partial charge >= 0.3 is 0 Å². The molecular formula is C26H25NO5S. The summed E-state index contributed by atoms with van der Waals surface area (Å²) in [4.78, 5) is 4.53. The molecule has 3 heterocycles. The Morgan fingerprint density at radius 2 is 1.88 bits per heavy atom. The number of aromatic nitrogens is 1. The number of nitrogens with zero attached hydrogens (tertiary/aromatic N) is 1. The highest BCUT2D eigenvalue weighted by molar-refractivity contribution is 7.92. The van der Waals surface area contributed by atoms with E-state index in [1.165, 1.54) is 0 Å². The Labute approximate surface area is 192 Å². The summed E-state index contributed by atoms with van der Waals surface area (Å²) >= 11 is 0. The first-order valence-corrected chi connectivity index (χ1v) is 12.7. The minimum Gasteiger partial charge on any atom is -0.507 e. The minimum atomic E-state index is -3.30. The zero-order valence-electron chi connectivity index (χ0n) is 18.0. The average Bonchev–Trinajstić information content (AvgIpc) is 3.38. The normalized spacial score (nSPS) is 22.2. The summed E-state index contributed by atoms with van der Waals surface area (Å²) in [7, 11) is -3.30. The van der Waals surface area contributed by atoms with Crippen LogP contribution in [0.25, 0.3) is 22.4 Å². The summed E-state index contributed by atoms with van der Waals surface area (Å²) < 4.78 is 30.8. The van der Waals surface area contributed by atoms with Gasteiger partial charge in [-0.3, -0.25) is 4.98 Å². The smallest absolute Gasteiger partial charge is 0.163 e. The average molecular weight is 464 g/mol. The van der Waals surface area contributed by atoms with Gasteiger partial charge < -0.3 is 14.9 Å². The third kappa shape index (κ3) is 4.08. The lowest BCUT2D eigenvalue weighted by Crippen LogP contribution is -2.19. The molecule has 2 aromatic carbocycles. The largest absolute Gasteiger partial charge is 0.507 e. The fourth-order valence-electron chi connectivity index (χ4n) is 4.88. The minimum absolute atomic E-state index is 0.0776. The van der Waals surface area contributed by atoms with Crippen molar-refractivity contribution in [2.75, 3.05) is 19.0 Å². The van der Waals surface area contributed by atoms with Crippen molar-refractivity contribution in [3.8, 4) is 5.75 Å². The van der Waals surface area contributed by atoms with Gasteiger partial charge in [-0.15, -0.1) is 0 Å². The zero-order chi connectivity index (χ0) is 23.0. The summed E-state index contributed by atoms with van der Waals surface area (Å²) in [5.41, 5.74) is 4.11. The van der Waals surface area contributed by atoms with Gasteiger partial charge in [0.2, 0.25) is 0 Å². The fraction of sp³-hybridized carbons (Fsp3) is 0.269. The highest BCUT2D eigenvalue weighted by Gasteiger charge is 2.46. The van der Waals surface area contributed by atoms with Crippen molar-refractivity contribution in [3.63, 3.8) is 0 Å². The monoisotopic (exact) mass is 463 g/mol. The van der Waals surface area contributed by atoms with E-state index in [9.17, 15) is 18.6 Å². The van der Waals surface area contributed by atoms with E-state index in [0.717, 1.165) is 33.2 Å². The summed E-state index contributed by atoms with van der Waals surface area (Å²) in [6.07, 6.45) is 4.69. The molecule has 170 valence electrons. The van der Waals surface area contributed by atoms with E-state index in [1.54, 1.807) is 12.3 Å². The quantitative estimate of drug-likeness (QED) is 0.541. The second-order valence-corrected chi connectivity index (χ2v) is 10.7. The van der Waals surface area contributed by atoms with Gasteiger partial charge in [-0.2, -0.15) is 0 Å². The van der Waals surface area contributed by atoms with Crippen molar-refractivity contribution in [3.05, 3.63) is 83.2 Å². The van der Waals surface area contributed by atoms with Crippen LogP contribution >= 0.6 is 0 Å². The van der Waals surface area contributed by atoms with Crippen molar-refractivity contribution in [1.29, 1.82) is 0 Å². The standard InChI is InChI=1S/C26H25NO5S/c28-14-19-16-33(30,31)25-15-32-24(26(19)25)11-9-18(22-7-3-4-12-27-22)13-17-8-10-23(29)21-6-2-1-5-20(17)21/h1-8,10,12-13,24-25,28-29H,9,11,14-16H2/b18-13-/t24-,25+/m1/s1. The van der Waals surface area contributed by atoms with Gasteiger partial charge in [0.25, 0.3) is 0 Å². The lowest BCUT2D eigenvalue weighted by Gasteiger charge is -2.15. The van der Waals surface area contributed by atoms with E-state index in [1.807, 2.05) is 48.5 Å². The number of aliphatic hydroxyl groups excluding tert-OH is 1. The first kappa shape index (κ1) is 21.8. The molecule has 0 saturated carbocycles. The van der Waals surface area contributed by atoms with Crippen LogP contribution in [0.5, 0.6) is 5.75 Å². The van der Waals surface area contributed by atoms with Crippen LogP contribution < -0.4 is 0 Å². The molecule has 0 amide bonds. The molecule has 6 nitrogen and oxygen atoms in total. The first-order valence-electron chi connectivity index (χ1n) is 11.0. The SMILES string of the molecule is O=S1(=O)CC(CO)=C2[C@@H](CC/C(=C/c3ccc(O)c4ccccc34)c3ccccn3)OC[C@@H]21. The molecule has 33 heavy (non-hydrogen) atoms. The maximum Gasteiger partial charge on any atom is 0.163 e. The Morgan fingerprint density at radius 1 is 1.09 bits per heavy atom. The number of allylic oxidation sites excluding steroid dienone is 1. The maximum atomic E-state index is 12.4. The highest BCUT2D eigenvalue weighted by Crippen LogP contribution is 2.39. The number of phenols is 1. The van der Waals surface area contributed by atoms with Gasteiger partial charge in [0.1, 0.15) is 11.0 Å². The van der Waals surface area contributed by atoms with Crippen molar-refractivity contribution in [2.45, 2.75) is 24.2 Å². The predicted molar refractivity (Wildman–Crippen MR) is 128 cm³/mol. The molecule has 2 aliphatic heterocycles. The Hall–Kier alpha value is -3.00. The van der Waals surface area contributed by atoms with Crippen LogP contribution in [0.4, 0.5) is 0 Å². The van der Waals surface area contributed by atoms with E-state index in [0.29, 0.717) is 18.4 Å². The summed E-state index contributed by atoms with van der Waals surface area (Å²) in [6.45, 7) is -0.107. The maximum absolute atomic E-state index is 12.4. The highest BCUT2D eigenvalue weighted by atomic mass is 32.2. The van der Waals surface area contributed by atoms with Gasteiger partial charge in [-0.1, -0.05) is 36.4 Å². The van der Waals surface area contributed by atoms with E-state index in [4.69, 9.17) is 4.74 Å². The predicted octanol–water partition coefficient (Wildman–Crippen LogP) is 3.75. The second kappa shape index (κ2) is 8.74. The number of ether oxygens (including phenoxy) is 1. The fourth-order valence-corrected chi connectivity index (χ4v) is 6.82. The molecule has 0 bridgehead atoms. The molecule has 1 saturated heterocycles. The number of pyridine rings is 1. The number of rotatable bonds is 6. The third-order valence-electron chi connectivity index (χ3n) is 6.48. The molecule has 2 N–H and O–H groups in total. The number of fused-ring (bicyclic) bond motifs is 2. The van der Waals surface area contributed by atoms with Crippen LogP contribution in [-0.2, 0) is 14.6 Å². The van der Waals surface area contributed by atoms with Gasteiger partial charge in [-0.05, 0) is 64.8 Å². The molecule has 1 aromatic heterocycles. The number of hydrogen-bond acceptors (Lipinski definition) is 6. The Kier molecular flexibility index (Phi) is 5.78. The lowest BCUT2D eigenvalue weighted by atomic mass is 9.94. The van der Waals surface area contributed by atoms with Crippen LogP contribution in [0.3, 0.4) is 0 Å². The Bertz CT molecular complexity index is 1360. The van der Waals surface area contributed by atoms with Gasteiger partial charge in [0.15, 0.2) is 9.84 Å². The van der Waals surface area contributed by atoms with Crippen LogP contribution in [0, 0.1) is 0 Å². The topological polar surface area (TPSA) is 96.7 Å². The molecule has 0 aliphatic carbocycles. The number of hydrogen-bond donors (Lipinski definition) is 2. The van der Waals surface area contributed by atoms with E-state index >= 15 is 0 Å². The number of phenolic OH excluding ortho intramolecular Hbond substituents is 1. The number of aromatic hydroxyl groups is 1. The van der Waals surface area contributed by atoms with Crippen LogP contribution in [0.1, 0.15) is 24.1 Å². The van der Waals surface area contributed by atoms with Crippen molar-refractivity contribution in [1.82, 2.24) is 4.98 Å². The van der Waals surface area contributed by atoms with Crippen molar-refractivity contribution < 1.29 is 23.4 Å². The number of sulfone groups is 1. The molecule has 0 spiro atoms. The first-order chi connectivity index (χ1) is 16.0. The van der Waals surface area contributed by atoms with Gasteiger partial charge in [-0.25, -0.2) is 8.42 Å². The molecule has 2 atom stereocenters. The summed E-state index contributed by atoms with van der Waals surface area (Å²) in [6, 6.07) is 17.0. The van der Waals surface area contributed by atoms with Crippen LogP contribution in [0.15, 0.2) is 71.9 Å². The van der Waals surface area contributed by atoms with Crippen LogP contribution in [0.2, 0.25) is 0 Å². The van der Waals surface area contributed by atoms with E-state index in [-0.39, 0.29) is 30.8 Å². The second-order valence-electron chi connectivity index (χ2n) is 8.48. The molecule has 3 aromatic rings. The summed E-state index contributed by atoms with van der Waals surface area (Å²) in [5.74, 6) is 0.157. The molecule has 5 rings (SSSR count). The molecule has 7 heteroatoms. The third-order valence-corrected chi connectivity index (χ3v) is 8.49. The molecular weight excluding hydrogens is 438 g/mol. The summed E-state index contributed by atoms with van der Waals surface area (Å²) in [5, 5.41) is 21.1. The Morgan fingerprint density at radius 3 is 2.64 bits per heavy atom. The molecule has 1 fully saturated rings. The Balaban J connectivity index is 1.49. The van der Waals surface area contributed by atoms with Gasteiger partial charge in [0, 0.05) is 11.6 Å². The zero-order valence-corrected chi connectivity index (χ0v) is 18.8. The lowest BCUT2D eigenvalue weighted by molar-refractivity contribution is 0.118. The van der Waals surface area contributed by atoms with Crippen LogP contribution in [-0.4, -0.2) is 53.9 Å². The van der Waals surface area contributed by atoms with Crippen molar-refractivity contribution >= 4 is 32.3 Å². The molecule has 0 unspecified atom stereocenters. The number of benzene rings is 2. The van der Waals surface area contributed by atoms with E-state index in [2.05, 4.69) is 11.1 Å². The number of aliphatic hydroxyl groups is 1. The van der Waals surface area contributed by atoms with E-state index < -0.39 is 15.1 Å². The molecule has 0 radical (unpaired) electrons. The molecule has 2 aliphatic rings.